The lowest BCUT2D eigenvalue weighted by atomic mass is 10.0. The van der Waals surface area contributed by atoms with E-state index in [4.69, 9.17) is 32.7 Å². The number of pyridine rings is 1. The van der Waals surface area contributed by atoms with Crippen molar-refractivity contribution in [3.63, 3.8) is 0 Å². The molecule has 0 saturated heterocycles. The van der Waals surface area contributed by atoms with Crippen molar-refractivity contribution in [2.75, 3.05) is 14.2 Å². The maximum atomic E-state index is 12.3. The smallest absolute Gasteiger partial charge is 0.341 e. The first-order chi connectivity index (χ1) is 11.1. The molecule has 1 atom stereocenters. The summed E-state index contributed by atoms with van der Waals surface area (Å²) in [7, 11) is 2.96. The number of fused-ring (bicyclic) bond motifs is 1. The Labute approximate surface area is 144 Å². The molecule has 2 aromatic heterocycles. The summed E-state index contributed by atoms with van der Waals surface area (Å²) in [5.41, 5.74) is 2.45. The van der Waals surface area contributed by atoms with Crippen molar-refractivity contribution in [2.45, 2.75) is 25.5 Å². The summed E-state index contributed by atoms with van der Waals surface area (Å²) in [5.74, 6) is -0.478. The van der Waals surface area contributed by atoms with Gasteiger partial charge in [-0.1, -0.05) is 23.2 Å². The van der Waals surface area contributed by atoms with Crippen LogP contribution in [0.1, 0.15) is 35.0 Å². The van der Waals surface area contributed by atoms with Crippen LogP contribution in [0.5, 0.6) is 0 Å². The molecule has 1 unspecified atom stereocenters. The SMILES string of the molecule is COC(=O)c1c(Cl)c(-c2cccnc2Cl)n2c1C(OC)CCC2. The van der Waals surface area contributed by atoms with E-state index in [2.05, 4.69) is 4.98 Å². The Balaban J connectivity index is 2.32. The number of ether oxygens (including phenoxy) is 2. The molecule has 0 aliphatic carbocycles. The molecule has 0 aromatic carbocycles. The van der Waals surface area contributed by atoms with E-state index >= 15 is 0 Å². The molecule has 0 bridgehead atoms. The summed E-state index contributed by atoms with van der Waals surface area (Å²) in [6, 6.07) is 3.62. The zero-order valence-electron chi connectivity index (χ0n) is 12.8. The highest BCUT2D eigenvalue weighted by molar-refractivity contribution is 6.38. The molecule has 23 heavy (non-hydrogen) atoms. The molecule has 122 valence electrons. The lowest BCUT2D eigenvalue weighted by molar-refractivity contribution is 0.0559. The number of carbonyl (C=O) groups is 1. The molecule has 7 heteroatoms. The topological polar surface area (TPSA) is 53.3 Å². The number of esters is 1. The molecule has 0 fully saturated rings. The van der Waals surface area contributed by atoms with Crippen LogP contribution in [0.15, 0.2) is 18.3 Å². The lowest BCUT2D eigenvalue weighted by Crippen LogP contribution is -2.20. The van der Waals surface area contributed by atoms with Crippen molar-refractivity contribution in [3.05, 3.63) is 39.8 Å². The van der Waals surface area contributed by atoms with Crippen molar-refractivity contribution in [3.8, 4) is 11.3 Å². The molecule has 2 aromatic rings. The Morgan fingerprint density at radius 1 is 1.39 bits per heavy atom. The number of halogens is 2. The molecule has 1 aliphatic rings. The standard InChI is InChI=1S/C16H16Cl2N2O3/c1-22-10-6-4-8-20-13(9-5-3-7-19-15(9)18)12(17)11(14(10)20)16(21)23-2/h3,5,7,10H,4,6,8H2,1-2H3. The first kappa shape index (κ1) is 16.3. The molecule has 3 heterocycles. The average Bonchev–Trinajstić information content (AvgIpc) is 2.86. The number of nitrogens with zero attached hydrogens (tertiary/aromatic N) is 2. The van der Waals surface area contributed by atoms with Gasteiger partial charge in [0.15, 0.2) is 0 Å². The van der Waals surface area contributed by atoms with Gasteiger partial charge in [-0.05, 0) is 25.0 Å². The van der Waals surface area contributed by atoms with Crippen LogP contribution in [0.3, 0.4) is 0 Å². The third-order valence-electron chi connectivity index (χ3n) is 4.09. The van der Waals surface area contributed by atoms with Gasteiger partial charge in [0.25, 0.3) is 0 Å². The number of methoxy groups -OCH3 is 2. The highest BCUT2D eigenvalue weighted by Crippen LogP contribution is 2.44. The molecule has 1 aliphatic heterocycles. The Kier molecular flexibility index (Phi) is 4.62. The molecule has 0 saturated carbocycles. The van der Waals surface area contributed by atoms with E-state index in [0.717, 1.165) is 25.1 Å². The second-order valence-electron chi connectivity index (χ2n) is 5.27. The zero-order valence-corrected chi connectivity index (χ0v) is 14.3. The lowest BCUT2D eigenvalue weighted by Gasteiger charge is -2.26. The van der Waals surface area contributed by atoms with Crippen molar-refractivity contribution in [2.24, 2.45) is 0 Å². The summed E-state index contributed by atoms with van der Waals surface area (Å²) in [5, 5.41) is 0.663. The predicted molar refractivity (Wildman–Crippen MR) is 88.0 cm³/mol. The normalized spacial score (nSPS) is 17.0. The van der Waals surface area contributed by atoms with E-state index in [1.807, 2.05) is 10.6 Å². The second kappa shape index (κ2) is 6.51. The van der Waals surface area contributed by atoms with Crippen LogP contribution in [0, 0.1) is 0 Å². The summed E-state index contributed by atoms with van der Waals surface area (Å²) in [6.45, 7) is 0.729. The van der Waals surface area contributed by atoms with Crippen molar-refractivity contribution < 1.29 is 14.3 Å². The maximum Gasteiger partial charge on any atom is 0.341 e. The largest absolute Gasteiger partial charge is 0.465 e. The van der Waals surface area contributed by atoms with Gasteiger partial charge in [0.1, 0.15) is 10.7 Å². The fourth-order valence-corrected chi connectivity index (χ4v) is 3.68. The van der Waals surface area contributed by atoms with Gasteiger partial charge >= 0.3 is 5.97 Å². The molecular weight excluding hydrogens is 339 g/mol. The monoisotopic (exact) mass is 354 g/mol. The fraction of sp³-hybridized carbons (Fsp3) is 0.375. The van der Waals surface area contributed by atoms with Crippen LogP contribution in [-0.4, -0.2) is 29.7 Å². The average molecular weight is 355 g/mol. The van der Waals surface area contributed by atoms with Gasteiger partial charge in [0.2, 0.25) is 0 Å². The van der Waals surface area contributed by atoms with Gasteiger partial charge in [0.05, 0.1) is 29.6 Å². The molecule has 0 spiro atoms. The third kappa shape index (κ3) is 2.63. The van der Waals surface area contributed by atoms with Crippen LogP contribution in [0.25, 0.3) is 11.3 Å². The Morgan fingerprint density at radius 3 is 2.83 bits per heavy atom. The Bertz CT molecular complexity index is 758. The van der Waals surface area contributed by atoms with Gasteiger partial charge in [-0.15, -0.1) is 0 Å². The molecule has 0 N–H and O–H groups in total. The minimum atomic E-state index is -0.478. The predicted octanol–water partition coefficient (Wildman–Crippen LogP) is 4.12. The van der Waals surface area contributed by atoms with E-state index in [-0.39, 0.29) is 6.10 Å². The van der Waals surface area contributed by atoms with Gasteiger partial charge in [-0.25, -0.2) is 9.78 Å². The molecule has 0 radical (unpaired) electrons. The summed E-state index contributed by atoms with van der Waals surface area (Å²) >= 11 is 12.8. The van der Waals surface area contributed by atoms with Gasteiger partial charge in [0, 0.05) is 25.4 Å². The highest BCUT2D eigenvalue weighted by Gasteiger charge is 2.34. The van der Waals surface area contributed by atoms with Gasteiger partial charge in [-0.2, -0.15) is 0 Å². The number of rotatable bonds is 3. The zero-order chi connectivity index (χ0) is 16.6. The van der Waals surface area contributed by atoms with E-state index < -0.39 is 5.97 Å². The number of aromatic nitrogens is 2. The molecule has 0 amide bonds. The van der Waals surface area contributed by atoms with E-state index in [9.17, 15) is 4.79 Å². The van der Waals surface area contributed by atoms with Crippen LogP contribution in [0.4, 0.5) is 0 Å². The molecular formula is C16H16Cl2N2O3. The number of carbonyl (C=O) groups excluding carboxylic acids is 1. The summed E-state index contributed by atoms with van der Waals surface area (Å²) in [4.78, 5) is 16.4. The van der Waals surface area contributed by atoms with E-state index in [1.165, 1.54) is 7.11 Å². The minimum Gasteiger partial charge on any atom is -0.465 e. The van der Waals surface area contributed by atoms with Crippen molar-refractivity contribution >= 4 is 29.2 Å². The first-order valence-corrected chi connectivity index (χ1v) is 7.99. The highest BCUT2D eigenvalue weighted by atomic mass is 35.5. The second-order valence-corrected chi connectivity index (χ2v) is 6.01. The minimum absolute atomic E-state index is 0.209. The molecule has 5 nitrogen and oxygen atoms in total. The Morgan fingerprint density at radius 2 is 2.17 bits per heavy atom. The first-order valence-electron chi connectivity index (χ1n) is 7.24. The summed E-state index contributed by atoms with van der Waals surface area (Å²) < 4.78 is 12.5. The maximum absolute atomic E-state index is 12.3. The molecule has 3 rings (SSSR count). The van der Waals surface area contributed by atoms with Gasteiger partial charge in [-0.3, -0.25) is 0 Å². The van der Waals surface area contributed by atoms with Crippen LogP contribution >= 0.6 is 23.2 Å². The van der Waals surface area contributed by atoms with Crippen LogP contribution in [0.2, 0.25) is 10.2 Å². The van der Waals surface area contributed by atoms with Crippen LogP contribution < -0.4 is 0 Å². The van der Waals surface area contributed by atoms with Crippen molar-refractivity contribution in [1.82, 2.24) is 9.55 Å². The number of hydrogen-bond acceptors (Lipinski definition) is 4. The quantitative estimate of drug-likeness (QED) is 0.614. The van der Waals surface area contributed by atoms with Crippen LogP contribution in [-0.2, 0) is 16.0 Å². The Hall–Kier alpha value is -1.56. The van der Waals surface area contributed by atoms with E-state index in [1.54, 1.807) is 19.4 Å². The number of hydrogen-bond donors (Lipinski definition) is 0. The van der Waals surface area contributed by atoms with Crippen molar-refractivity contribution in [1.29, 1.82) is 0 Å². The summed E-state index contributed by atoms with van der Waals surface area (Å²) in [6.07, 6.45) is 3.14. The van der Waals surface area contributed by atoms with Gasteiger partial charge < -0.3 is 14.0 Å². The fourth-order valence-electron chi connectivity index (χ4n) is 3.10. The van der Waals surface area contributed by atoms with E-state index in [0.29, 0.717) is 27.0 Å². The third-order valence-corrected chi connectivity index (χ3v) is 4.75.